The van der Waals surface area contributed by atoms with E-state index in [9.17, 15) is 0 Å². The van der Waals surface area contributed by atoms with E-state index < -0.39 is 0 Å². The molecule has 2 saturated heterocycles. The van der Waals surface area contributed by atoms with Crippen LogP contribution in [0.15, 0.2) is 0 Å². The van der Waals surface area contributed by atoms with Crippen molar-refractivity contribution in [2.45, 2.75) is 57.7 Å². The molecule has 0 aromatic heterocycles. The van der Waals surface area contributed by atoms with Gasteiger partial charge in [-0.25, -0.2) is 0 Å². The predicted octanol–water partition coefficient (Wildman–Crippen LogP) is 2.45. The summed E-state index contributed by atoms with van der Waals surface area (Å²) in [6, 6.07) is 0. The molecule has 0 radical (unpaired) electrons. The van der Waals surface area contributed by atoms with Crippen LogP contribution in [-0.2, 0) is 9.47 Å². The Morgan fingerprint density at radius 3 is 1.94 bits per heavy atom. The van der Waals surface area contributed by atoms with Crippen molar-refractivity contribution in [3.63, 3.8) is 0 Å². The van der Waals surface area contributed by atoms with Crippen molar-refractivity contribution in [1.82, 2.24) is 4.90 Å². The highest BCUT2D eigenvalue weighted by Crippen LogP contribution is 2.16. The van der Waals surface area contributed by atoms with Gasteiger partial charge in [-0.05, 0) is 13.0 Å². The molecule has 2 fully saturated rings. The third-order valence-corrected chi connectivity index (χ3v) is 3.56. The van der Waals surface area contributed by atoms with Crippen LogP contribution in [-0.4, -0.2) is 50.0 Å². The summed E-state index contributed by atoms with van der Waals surface area (Å²) in [5.41, 5.74) is 0. The zero-order valence-electron chi connectivity index (χ0n) is 11.2. The van der Waals surface area contributed by atoms with E-state index in [1.807, 2.05) is 0 Å². The second kappa shape index (κ2) is 7.34. The van der Waals surface area contributed by atoms with Gasteiger partial charge in [-0.15, -0.1) is 0 Å². The largest absolute Gasteiger partial charge is 0.372 e. The highest BCUT2D eigenvalue weighted by Gasteiger charge is 2.30. The quantitative estimate of drug-likeness (QED) is 0.411. The standard InChI is InChI=1S/C14H27NO2/c1-2-3-4-5-6-7-8-15(9-13-11-16-13)10-14-12-17-14/h13-14H,2-12H2,1H3. The first kappa shape index (κ1) is 13.3. The van der Waals surface area contributed by atoms with E-state index >= 15 is 0 Å². The van der Waals surface area contributed by atoms with E-state index in [-0.39, 0.29) is 0 Å². The minimum absolute atomic E-state index is 0.522. The molecule has 0 saturated carbocycles. The zero-order valence-corrected chi connectivity index (χ0v) is 11.2. The summed E-state index contributed by atoms with van der Waals surface area (Å²) in [7, 11) is 0. The Balaban J connectivity index is 1.49. The molecule has 0 aromatic rings. The molecule has 0 spiro atoms. The molecule has 2 aliphatic rings. The van der Waals surface area contributed by atoms with Gasteiger partial charge in [-0.3, -0.25) is 4.90 Å². The van der Waals surface area contributed by atoms with Gasteiger partial charge in [0.05, 0.1) is 25.4 Å². The first-order valence-corrected chi connectivity index (χ1v) is 7.34. The van der Waals surface area contributed by atoms with E-state index in [1.54, 1.807) is 0 Å². The number of ether oxygens (including phenoxy) is 2. The molecule has 17 heavy (non-hydrogen) atoms. The van der Waals surface area contributed by atoms with Gasteiger partial charge in [0.2, 0.25) is 0 Å². The first-order chi connectivity index (χ1) is 8.38. The van der Waals surface area contributed by atoms with Crippen molar-refractivity contribution in [3.05, 3.63) is 0 Å². The Kier molecular flexibility index (Phi) is 5.75. The van der Waals surface area contributed by atoms with E-state index in [2.05, 4.69) is 11.8 Å². The lowest BCUT2D eigenvalue weighted by atomic mass is 10.1. The Morgan fingerprint density at radius 1 is 0.882 bits per heavy atom. The van der Waals surface area contributed by atoms with Crippen LogP contribution in [0.4, 0.5) is 0 Å². The Hall–Kier alpha value is -0.120. The maximum atomic E-state index is 5.32. The molecule has 0 aliphatic carbocycles. The van der Waals surface area contributed by atoms with Crippen molar-refractivity contribution in [2.75, 3.05) is 32.8 Å². The summed E-state index contributed by atoms with van der Waals surface area (Å²) in [5, 5.41) is 0. The molecule has 0 bridgehead atoms. The second-order valence-electron chi connectivity index (χ2n) is 5.44. The minimum atomic E-state index is 0.522. The summed E-state index contributed by atoms with van der Waals surface area (Å²) < 4.78 is 10.6. The molecule has 3 heteroatoms. The summed E-state index contributed by atoms with van der Waals surface area (Å²) in [4.78, 5) is 2.54. The number of nitrogens with zero attached hydrogens (tertiary/aromatic N) is 1. The molecule has 0 aromatic carbocycles. The van der Waals surface area contributed by atoms with Gasteiger partial charge in [0, 0.05) is 13.1 Å². The smallest absolute Gasteiger partial charge is 0.0936 e. The molecule has 2 atom stereocenters. The fourth-order valence-corrected chi connectivity index (χ4v) is 2.30. The fourth-order valence-electron chi connectivity index (χ4n) is 2.30. The van der Waals surface area contributed by atoms with Gasteiger partial charge in [-0.1, -0.05) is 39.0 Å². The number of hydrogen-bond donors (Lipinski definition) is 0. The Morgan fingerprint density at radius 2 is 1.41 bits per heavy atom. The third-order valence-electron chi connectivity index (χ3n) is 3.56. The molecule has 2 unspecified atom stereocenters. The lowest BCUT2D eigenvalue weighted by molar-refractivity contribution is 0.215. The molecule has 2 rings (SSSR count). The highest BCUT2D eigenvalue weighted by molar-refractivity contribution is 4.80. The maximum absolute atomic E-state index is 5.32. The van der Waals surface area contributed by atoms with Gasteiger partial charge in [0.15, 0.2) is 0 Å². The average Bonchev–Trinajstić information content (AvgIpc) is 3.18. The molecule has 3 nitrogen and oxygen atoms in total. The van der Waals surface area contributed by atoms with Gasteiger partial charge >= 0.3 is 0 Å². The van der Waals surface area contributed by atoms with E-state index in [4.69, 9.17) is 9.47 Å². The number of epoxide rings is 2. The van der Waals surface area contributed by atoms with Crippen LogP contribution >= 0.6 is 0 Å². The third kappa shape index (κ3) is 6.39. The van der Waals surface area contributed by atoms with Gasteiger partial charge in [-0.2, -0.15) is 0 Å². The molecule has 2 aliphatic heterocycles. The number of rotatable bonds is 11. The maximum Gasteiger partial charge on any atom is 0.0936 e. The van der Waals surface area contributed by atoms with Crippen molar-refractivity contribution in [3.8, 4) is 0 Å². The fraction of sp³-hybridized carbons (Fsp3) is 1.00. The van der Waals surface area contributed by atoms with Crippen molar-refractivity contribution < 1.29 is 9.47 Å². The predicted molar refractivity (Wildman–Crippen MR) is 69.3 cm³/mol. The lowest BCUT2D eigenvalue weighted by Crippen LogP contribution is -2.32. The summed E-state index contributed by atoms with van der Waals surface area (Å²) >= 11 is 0. The topological polar surface area (TPSA) is 28.3 Å². The van der Waals surface area contributed by atoms with Crippen LogP contribution < -0.4 is 0 Å². The van der Waals surface area contributed by atoms with Crippen LogP contribution in [0.2, 0.25) is 0 Å². The highest BCUT2D eigenvalue weighted by atomic mass is 16.6. The molecular weight excluding hydrogens is 214 g/mol. The van der Waals surface area contributed by atoms with Crippen LogP contribution in [0.1, 0.15) is 45.4 Å². The average molecular weight is 241 g/mol. The Bertz CT molecular complexity index is 188. The summed E-state index contributed by atoms with van der Waals surface area (Å²) in [6.07, 6.45) is 9.31. The monoisotopic (exact) mass is 241 g/mol. The SMILES string of the molecule is CCCCCCCCN(CC1CO1)CC1CO1. The van der Waals surface area contributed by atoms with E-state index in [0.717, 1.165) is 26.3 Å². The molecule has 0 N–H and O–H groups in total. The minimum Gasteiger partial charge on any atom is -0.372 e. The summed E-state index contributed by atoms with van der Waals surface area (Å²) in [6.45, 7) is 7.68. The van der Waals surface area contributed by atoms with Crippen molar-refractivity contribution >= 4 is 0 Å². The molecule has 2 heterocycles. The second-order valence-corrected chi connectivity index (χ2v) is 5.44. The normalized spacial score (nSPS) is 26.5. The van der Waals surface area contributed by atoms with Crippen LogP contribution in [0, 0.1) is 0 Å². The van der Waals surface area contributed by atoms with E-state index in [1.165, 1.54) is 45.1 Å². The molecule has 0 amide bonds. The van der Waals surface area contributed by atoms with Gasteiger partial charge in [0.1, 0.15) is 0 Å². The zero-order chi connectivity index (χ0) is 11.9. The molecule has 100 valence electrons. The molecular formula is C14H27NO2. The summed E-state index contributed by atoms with van der Waals surface area (Å²) in [5.74, 6) is 0. The van der Waals surface area contributed by atoms with Crippen LogP contribution in [0.5, 0.6) is 0 Å². The number of unbranched alkanes of at least 4 members (excludes halogenated alkanes) is 5. The lowest BCUT2D eigenvalue weighted by Gasteiger charge is -2.20. The van der Waals surface area contributed by atoms with Crippen LogP contribution in [0.3, 0.4) is 0 Å². The van der Waals surface area contributed by atoms with Gasteiger partial charge in [0.25, 0.3) is 0 Å². The van der Waals surface area contributed by atoms with Crippen molar-refractivity contribution in [1.29, 1.82) is 0 Å². The van der Waals surface area contributed by atoms with Crippen molar-refractivity contribution in [2.24, 2.45) is 0 Å². The van der Waals surface area contributed by atoms with Crippen LogP contribution in [0.25, 0.3) is 0 Å². The Labute approximate surface area is 105 Å². The van der Waals surface area contributed by atoms with E-state index in [0.29, 0.717) is 12.2 Å². The number of hydrogen-bond acceptors (Lipinski definition) is 3. The first-order valence-electron chi connectivity index (χ1n) is 7.34. The van der Waals surface area contributed by atoms with Gasteiger partial charge < -0.3 is 9.47 Å².